The zero-order chi connectivity index (χ0) is 19.1. The van der Waals surface area contributed by atoms with Crippen molar-refractivity contribution in [3.05, 3.63) is 23.8 Å². The van der Waals surface area contributed by atoms with Crippen LogP contribution >= 0.6 is 0 Å². The molecule has 1 aromatic rings. The van der Waals surface area contributed by atoms with Gasteiger partial charge in [-0.2, -0.15) is 0 Å². The molecule has 0 aromatic heterocycles. The van der Waals surface area contributed by atoms with Gasteiger partial charge in [0.2, 0.25) is 0 Å². The first-order chi connectivity index (χ1) is 13.1. The minimum absolute atomic E-state index is 0.299. The number of aliphatic hydroxyl groups is 1. The van der Waals surface area contributed by atoms with E-state index in [1.807, 2.05) is 6.07 Å². The Labute approximate surface area is 164 Å². The van der Waals surface area contributed by atoms with E-state index in [-0.39, 0.29) is 0 Å². The highest BCUT2D eigenvalue weighted by Crippen LogP contribution is 2.31. The number of methoxy groups -OCH3 is 1. The monoisotopic (exact) mass is 376 g/mol. The fourth-order valence-corrected chi connectivity index (χ4v) is 3.90. The van der Waals surface area contributed by atoms with E-state index in [1.54, 1.807) is 7.11 Å². The minimum Gasteiger partial charge on any atom is -0.493 e. The summed E-state index contributed by atoms with van der Waals surface area (Å²) in [4.78, 5) is 4.73. The Balaban J connectivity index is 1.48. The molecule has 3 rings (SSSR count). The quantitative estimate of drug-likeness (QED) is 0.680. The molecule has 5 heteroatoms. The normalized spacial score (nSPS) is 19.7. The zero-order valence-corrected chi connectivity index (χ0v) is 17.0. The Hall–Kier alpha value is -1.30. The van der Waals surface area contributed by atoms with E-state index in [0.29, 0.717) is 18.9 Å². The number of aliphatic hydroxyl groups excluding tert-OH is 1. The maximum atomic E-state index is 10.4. The topological polar surface area (TPSA) is 45.2 Å². The average molecular weight is 377 g/mol. The smallest absolute Gasteiger partial charge is 0.161 e. The molecule has 1 atom stereocenters. The van der Waals surface area contributed by atoms with Gasteiger partial charge in [-0.05, 0) is 69.4 Å². The molecule has 152 valence electrons. The van der Waals surface area contributed by atoms with Crippen LogP contribution < -0.4 is 9.47 Å². The Morgan fingerprint density at radius 1 is 1.15 bits per heavy atom. The first-order valence-electron chi connectivity index (χ1n) is 10.5. The molecule has 1 aromatic carbocycles. The maximum absolute atomic E-state index is 10.4. The fraction of sp³-hybridized carbons (Fsp3) is 0.727. The Morgan fingerprint density at radius 2 is 1.89 bits per heavy atom. The van der Waals surface area contributed by atoms with Gasteiger partial charge in [0.1, 0.15) is 12.7 Å². The zero-order valence-electron chi connectivity index (χ0n) is 17.0. The van der Waals surface area contributed by atoms with E-state index in [1.165, 1.54) is 50.6 Å². The third-order valence-electron chi connectivity index (χ3n) is 5.55. The molecule has 2 fully saturated rings. The summed E-state index contributed by atoms with van der Waals surface area (Å²) in [7, 11) is 3.85. The molecule has 1 aliphatic heterocycles. The van der Waals surface area contributed by atoms with Crippen molar-refractivity contribution in [2.45, 2.75) is 51.2 Å². The molecule has 0 bridgehead atoms. The molecule has 0 radical (unpaired) electrons. The van der Waals surface area contributed by atoms with Crippen molar-refractivity contribution >= 4 is 0 Å². The predicted octanol–water partition coefficient (Wildman–Crippen LogP) is 3.15. The van der Waals surface area contributed by atoms with Crippen molar-refractivity contribution in [3.63, 3.8) is 0 Å². The summed E-state index contributed by atoms with van der Waals surface area (Å²) in [5.41, 5.74) is 1.23. The number of β-amino-alcohol motifs (C(OH)–C–C–N with tert-alkyl or cyclic N) is 1. The molecule has 2 aliphatic rings. The second kappa shape index (κ2) is 10.3. The van der Waals surface area contributed by atoms with Crippen molar-refractivity contribution in [1.29, 1.82) is 0 Å². The number of nitrogens with zero attached hydrogens (tertiary/aromatic N) is 2. The van der Waals surface area contributed by atoms with Crippen LogP contribution in [-0.4, -0.2) is 68.0 Å². The van der Waals surface area contributed by atoms with Crippen molar-refractivity contribution in [2.75, 3.05) is 46.9 Å². The van der Waals surface area contributed by atoms with Crippen molar-refractivity contribution < 1.29 is 14.6 Å². The van der Waals surface area contributed by atoms with Crippen LogP contribution in [0, 0.1) is 5.92 Å². The van der Waals surface area contributed by atoms with E-state index >= 15 is 0 Å². The lowest BCUT2D eigenvalue weighted by molar-refractivity contribution is 0.0683. The van der Waals surface area contributed by atoms with Gasteiger partial charge >= 0.3 is 0 Å². The van der Waals surface area contributed by atoms with Crippen LogP contribution in [0.4, 0.5) is 0 Å². The molecule has 1 heterocycles. The SMILES string of the molecule is COc1cc(CN(C)CC2CC2)ccc1OC[C@@H](O)CN1CCCCCC1. The van der Waals surface area contributed by atoms with Gasteiger partial charge in [0.15, 0.2) is 11.5 Å². The van der Waals surface area contributed by atoms with Gasteiger partial charge in [0.05, 0.1) is 7.11 Å². The highest BCUT2D eigenvalue weighted by atomic mass is 16.5. The predicted molar refractivity (Wildman–Crippen MR) is 108 cm³/mol. The fourth-order valence-electron chi connectivity index (χ4n) is 3.90. The van der Waals surface area contributed by atoms with E-state index in [0.717, 1.165) is 31.3 Å². The van der Waals surface area contributed by atoms with E-state index in [4.69, 9.17) is 9.47 Å². The van der Waals surface area contributed by atoms with Gasteiger partial charge in [0, 0.05) is 19.6 Å². The molecular weight excluding hydrogens is 340 g/mol. The number of hydrogen-bond donors (Lipinski definition) is 1. The summed E-state index contributed by atoms with van der Waals surface area (Å²) in [5.74, 6) is 2.35. The molecule has 0 unspecified atom stereocenters. The second-order valence-electron chi connectivity index (χ2n) is 8.30. The van der Waals surface area contributed by atoms with Crippen LogP contribution in [0.15, 0.2) is 18.2 Å². The summed E-state index contributed by atoms with van der Waals surface area (Å²) >= 11 is 0. The Kier molecular flexibility index (Phi) is 7.80. The van der Waals surface area contributed by atoms with Crippen molar-refractivity contribution in [1.82, 2.24) is 9.80 Å². The van der Waals surface area contributed by atoms with Crippen LogP contribution in [0.2, 0.25) is 0 Å². The highest BCUT2D eigenvalue weighted by Gasteiger charge is 2.23. The molecule has 1 N–H and O–H groups in total. The number of likely N-dealkylation sites (tertiary alicyclic amines) is 1. The van der Waals surface area contributed by atoms with Gasteiger partial charge in [-0.15, -0.1) is 0 Å². The number of rotatable bonds is 10. The minimum atomic E-state index is -0.475. The lowest BCUT2D eigenvalue weighted by atomic mass is 10.2. The molecule has 0 spiro atoms. The standard InChI is InChI=1S/C22H36N2O3/c1-23(14-18-7-8-18)15-19-9-10-21(22(13-19)26-2)27-17-20(25)16-24-11-5-3-4-6-12-24/h9-10,13,18,20,25H,3-8,11-12,14-17H2,1-2H3/t20-/m0/s1. The summed E-state index contributed by atoms with van der Waals surface area (Å²) in [6.45, 7) is 5.25. The number of hydrogen-bond acceptors (Lipinski definition) is 5. The Morgan fingerprint density at radius 3 is 2.56 bits per heavy atom. The van der Waals surface area contributed by atoms with Gasteiger partial charge in [-0.25, -0.2) is 0 Å². The summed E-state index contributed by atoms with van der Waals surface area (Å²) in [5, 5.41) is 10.4. The first kappa shape index (κ1) is 20.4. The third-order valence-corrected chi connectivity index (χ3v) is 5.55. The number of benzene rings is 1. The van der Waals surface area contributed by atoms with Crippen LogP contribution in [0.5, 0.6) is 11.5 Å². The summed E-state index contributed by atoms with van der Waals surface area (Å²) in [6.07, 6.45) is 7.36. The summed E-state index contributed by atoms with van der Waals surface area (Å²) in [6, 6.07) is 6.13. The molecule has 0 amide bonds. The van der Waals surface area contributed by atoms with Gasteiger partial charge in [-0.3, -0.25) is 0 Å². The van der Waals surface area contributed by atoms with Gasteiger partial charge in [0.25, 0.3) is 0 Å². The molecular formula is C22H36N2O3. The van der Waals surface area contributed by atoms with Crippen LogP contribution in [0.3, 0.4) is 0 Å². The first-order valence-corrected chi connectivity index (χ1v) is 10.5. The maximum Gasteiger partial charge on any atom is 0.161 e. The lowest BCUT2D eigenvalue weighted by Gasteiger charge is -2.23. The third kappa shape index (κ3) is 6.98. The van der Waals surface area contributed by atoms with Crippen molar-refractivity contribution in [2.24, 2.45) is 5.92 Å². The van der Waals surface area contributed by atoms with E-state index < -0.39 is 6.10 Å². The Bertz CT molecular complexity index is 569. The second-order valence-corrected chi connectivity index (χ2v) is 8.30. The van der Waals surface area contributed by atoms with Crippen molar-refractivity contribution in [3.8, 4) is 11.5 Å². The number of ether oxygens (including phenoxy) is 2. The highest BCUT2D eigenvalue weighted by molar-refractivity contribution is 5.43. The molecule has 1 aliphatic carbocycles. The molecule has 1 saturated carbocycles. The molecule has 5 nitrogen and oxygen atoms in total. The summed E-state index contributed by atoms with van der Waals surface area (Å²) < 4.78 is 11.4. The molecule has 1 saturated heterocycles. The van der Waals surface area contributed by atoms with E-state index in [2.05, 4.69) is 29.0 Å². The van der Waals surface area contributed by atoms with Gasteiger partial charge in [-0.1, -0.05) is 18.9 Å². The van der Waals surface area contributed by atoms with Crippen LogP contribution in [0.1, 0.15) is 44.1 Å². The van der Waals surface area contributed by atoms with Crippen LogP contribution in [0.25, 0.3) is 0 Å². The largest absolute Gasteiger partial charge is 0.493 e. The van der Waals surface area contributed by atoms with Crippen LogP contribution in [-0.2, 0) is 6.54 Å². The van der Waals surface area contributed by atoms with E-state index in [9.17, 15) is 5.11 Å². The van der Waals surface area contributed by atoms with Gasteiger partial charge < -0.3 is 24.4 Å². The average Bonchev–Trinajstić information content (AvgIpc) is 3.48. The molecule has 27 heavy (non-hydrogen) atoms. The lowest BCUT2D eigenvalue weighted by Crippen LogP contribution is -2.36.